The highest BCUT2D eigenvalue weighted by atomic mass is 16.5. The summed E-state index contributed by atoms with van der Waals surface area (Å²) < 4.78 is 5.15. The molecule has 0 spiro atoms. The molecule has 0 aliphatic rings. The van der Waals surface area contributed by atoms with Crippen molar-refractivity contribution in [2.45, 2.75) is 32.4 Å². The van der Waals surface area contributed by atoms with Gasteiger partial charge in [0.2, 0.25) is 0 Å². The molecule has 0 fully saturated rings. The van der Waals surface area contributed by atoms with E-state index in [0.29, 0.717) is 11.8 Å². The van der Waals surface area contributed by atoms with Gasteiger partial charge in [-0.3, -0.25) is 0 Å². The summed E-state index contributed by atoms with van der Waals surface area (Å²) in [5, 5.41) is 12.8. The van der Waals surface area contributed by atoms with Gasteiger partial charge in [0.15, 0.2) is 0 Å². The zero-order chi connectivity index (χ0) is 15.1. The van der Waals surface area contributed by atoms with E-state index in [1.807, 2.05) is 24.3 Å². The Hall–Kier alpha value is -2.00. The third-order valence-electron chi connectivity index (χ3n) is 3.62. The summed E-state index contributed by atoms with van der Waals surface area (Å²) >= 11 is 0. The summed E-state index contributed by atoms with van der Waals surface area (Å²) in [6, 6.07) is 16.0. The zero-order valence-electron chi connectivity index (χ0n) is 12.7. The van der Waals surface area contributed by atoms with Crippen LogP contribution in [0.3, 0.4) is 0 Å². The van der Waals surface area contributed by atoms with Crippen LogP contribution in [0.4, 0.5) is 0 Å². The third-order valence-corrected chi connectivity index (χ3v) is 3.62. The first-order valence-electron chi connectivity index (χ1n) is 7.31. The van der Waals surface area contributed by atoms with Crippen molar-refractivity contribution in [3.8, 4) is 11.5 Å². The number of rotatable bonds is 7. The number of ether oxygens (including phenoxy) is 1. The van der Waals surface area contributed by atoms with Crippen molar-refractivity contribution in [3.63, 3.8) is 0 Å². The van der Waals surface area contributed by atoms with E-state index in [9.17, 15) is 5.11 Å². The predicted molar refractivity (Wildman–Crippen MR) is 85.7 cm³/mol. The Kier molecular flexibility index (Phi) is 5.64. The van der Waals surface area contributed by atoms with Crippen LogP contribution >= 0.6 is 0 Å². The summed E-state index contributed by atoms with van der Waals surface area (Å²) in [6.45, 7) is 3.06. The van der Waals surface area contributed by atoms with Gasteiger partial charge in [-0.15, -0.1) is 0 Å². The monoisotopic (exact) mass is 285 g/mol. The number of hydrogen-bond acceptors (Lipinski definition) is 3. The van der Waals surface area contributed by atoms with E-state index in [1.165, 1.54) is 11.1 Å². The maximum absolute atomic E-state index is 9.26. The third kappa shape index (κ3) is 5.12. The van der Waals surface area contributed by atoms with E-state index in [-0.39, 0.29) is 0 Å². The van der Waals surface area contributed by atoms with E-state index in [4.69, 9.17) is 4.74 Å². The molecule has 0 radical (unpaired) electrons. The number of phenolic OH excluding ortho intramolecular Hbond substituents is 1. The Bertz CT molecular complexity index is 534. The molecule has 0 aliphatic carbocycles. The molecular weight excluding hydrogens is 262 g/mol. The smallest absolute Gasteiger partial charge is 0.118 e. The van der Waals surface area contributed by atoms with E-state index < -0.39 is 0 Å². The standard InChI is InChI=1S/C18H23NO2/c1-14(3-4-15-5-9-17(20)10-6-15)19-13-16-7-11-18(21-2)12-8-16/h5-12,14,19-20H,3-4,13H2,1-2H3/t14-/m1/s1. The summed E-state index contributed by atoms with van der Waals surface area (Å²) in [7, 11) is 1.68. The molecular formula is C18H23NO2. The van der Waals surface area contributed by atoms with Gasteiger partial charge in [-0.2, -0.15) is 0 Å². The molecule has 3 heteroatoms. The fraction of sp³-hybridized carbons (Fsp3) is 0.333. The van der Waals surface area contributed by atoms with Crippen molar-refractivity contribution >= 4 is 0 Å². The highest BCUT2D eigenvalue weighted by Gasteiger charge is 2.03. The SMILES string of the molecule is COc1ccc(CN[C@H](C)CCc2ccc(O)cc2)cc1. The van der Waals surface area contributed by atoms with Gasteiger partial charge < -0.3 is 15.2 Å². The Morgan fingerprint density at radius 3 is 2.24 bits per heavy atom. The molecule has 2 aromatic rings. The summed E-state index contributed by atoms with van der Waals surface area (Å²) in [4.78, 5) is 0. The van der Waals surface area contributed by atoms with Gasteiger partial charge in [-0.1, -0.05) is 24.3 Å². The second kappa shape index (κ2) is 7.70. The van der Waals surface area contributed by atoms with Gasteiger partial charge in [0, 0.05) is 12.6 Å². The van der Waals surface area contributed by atoms with Crippen LogP contribution in [-0.2, 0) is 13.0 Å². The Morgan fingerprint density at radius 1 is 1.00 bits per heavy atom. The first-order chi connectivity index (χ1) is 10.2. The molecule has 0 aromatic heterocycles. The van der Waals surface area contributed by atoms with E-state index in [2.05, 4.69) is 24.4 Å². The van der Waals surface area contributed by atoms with Crippen LogP contribution in [0.2, 0.25) is 0 Å². The number of benzene rings is 2. The number of hydrogen-bond donors (Lipinski definition) is 2. The molecule has 2 rings (SSSR count). The van der Waals surface area contributed by atoms with E-state index >= 15 is 0 Å². The second-order valence-corrected chi connectivity index (χ2v) is 5.34. The predicted octanol–water partition coefficient (Wildman–Crippen LogP) is 3.51. The van der Waals surface area contributed by atoms with E-state index in [1.54, 1.807) is 19.2 Å². The Labute approximate surface area is 126 Å². The Morgan fingerprint density at radius 2 is 1.62 bits per heavy atom. The number of phenols is 1. The first-order valence-corrected chi connectivity index (χ1v) is 7.31. The highest BCUT2D eigenvalue weighted by molar-refractivity contribution is 5.27. The summed E-state index contributed by atoms with van der Waals surface area (Å²) in [5.41, 5.74) is 2.51. The van der Waals surface area contributed by atoms with Crippen LogP contribution in [0, 0.1) is 0 Å². The van der Waals surface area contributed by atoms with Crippen LogP contribution in [0.5, 0.6) is 11.5 Å². The van der Waals surface area contributed by atoms with Gasteiger partial charge >= 0.3 is 0 Å². The van der Waals surface area contributed by atoms with Crippen molar-refractivity contribution in [1.29, 1.82) is 0 Å². The minimum absolute atomic E-state index is 0.324. The fourth-order valence-corrected chi connectivity index (χ4v) is 2.18. The number of aryl methyl sites for hydroxylation is 1. The topological polar surface area (TPSA) is 41.5 Å². The number of nitrogens with one attached hydrogen (secondary N) is 1. The van der Waals surface area contributed by atoms with Crippen molar-refractivity contribution in [2.24, 2.45) is 0 Å². The fourth-order valence-electron chi connectivity index (χ4n) is 2.18. The molecule has 0 aliphatic heterocycles. The lowest BCUT2D eigenvalue weighted by Gasteiger charge is -2.14. The molecule has 3 nitrogen and oxygen atoms in total. The molecule has 1 atom stereocenters. The molecule has 0 bridgehead atoms. The lowest BCUT2D eigenvalue weighted by atomic mass is 10.1. The van der Waals surface area contributed by atoms with Crippen molar-refractivity contribution in [3.05, 3.63) is 59.7 Å². The van der Waals surface area contributed by atoms with Crippen molar-refractivity contribution in [1.82, 2.24) is 5.32 Å². The van der Waals surface area contributed by atoms with Gasteiger partial charge in [-0.25, -0.2) is 0 Å². The highest BCUT2D eigenvalue weighted by Crippen LogP contribution is 2.13. The van der Waals surface area contributed by atoms with Gasteiger partial charge in [0.25, 0.3) is 0 Å². The van der Waals surface area contributed by atoms with Crippen molar-refractivity contribution in [2.75, 3.05) is 7.11 Å². The maximum Gasteiger partial charge on any atom is 0.118 e. The van der Waals surface area contributed by atoms with Gasteiger partial charge in [0.1, 0.15) is 11.5 Å². The van der Waals surface area contributed by atoms with Crippen LogP contribution in [0.25, 0.3) is 0 Å². The molecule has 0 heterocycles. The lowest BCUT2D eigenvalue weighted by Crippen LogP contribution is -2.25. The minimum Gasteiger partial charge on any atom is -0.508 e. The van der Waals surface area contributed by atoms with Crippen LogP contribution < -0.4 is 10.1 Å². The van der Waals surface area contributed by atoms with Crippen LogP contribution in [-0.4, -0.2) is 18.3 Å². The second-order valence-electron chi connectivity index (χ2n) is 5.34. The molecule has 0 saturated heterocycles. The lowest BCUT2D eigenvalue weighted by molar-refractivity contribution is 0.414. The van der Waals surface area contributed by atoms with Gasteiger partial charge in [-0.05, 0) is 55.2 Å². The normalized spacial score (nSPS) is 12.1. The summed E-state index contributed by atoms with van der Waals surface area (Å²) in [5.74, 6) is 1.21. The molecule has 112 valence electrons. The largest absolute Gasteiger partial charge is 0.508 e. The maximum atomic E-state index is 9.26. The van der Waals surface area contributed by atoms with Gasteiger partial charge in [0.05, 0.1) is 7.11 Å². The van der Waals surface area contributed by atoms with Crippen LogP contribution in [0.15, 0.2) is 48.5 Å². The quantitative estimate of drug-likeness (QED) is 0.818. The number of aromatic hydroxyl groups is 1. The van der Waals surface area contributed by atoms with Crippen molar-refractivity contribution < 1.29 is 9.84 Å². The average molecular weight is 285 g/mol. The Balaban J connectivity index is 1.73. The minimum atomic E-state index is 0.324. The molecule has 21 heavy (non-hydrogen) atoms. The first kappa shape index (κ1) is 15.4. The summed E-state index contributed by atoms with van der Waals surface area (Å²) in [6.07, 6.45) is 2.08. The zero-order valence-corrected chi connectivity index (χ0v) is 12.7. The molecule has 0 amide bonds. The molecule has 2 N–H and O–H groups in total. The molecule has 0 saturated carbocycles. The molecule has 2 aromatic carbocycles. The van der Waals surface area contributed by atoms with Crippen LogP contribution in [0.1, 0.15) is 24.5 Å². The number of methoxy groups -OCH3 is 1. The molecule has 0 unspecified atom stereocenters. The van der Waals surface area contributed by atoms with E-state index in [0.717, 1.165) is 25.1 Å². The average Bonchev–Trinajstić information content (AvgIpc) is 2.53.